The van der Waals surface area contributed by atoms with Gasteiger partial charge in [0, 0.05) is 5.92 Å². The molecule has 26 heavy (non-hydrogen) atoms. The van der Waals surface area contributed by atoms with Gasteiger partial charge in [-0.1, -0.05) is 31.6 Å². The maximum Gasteiger partial charge on any atom is 0.195 e. The molecule has 0 saturated carbocycles. The Morgan fingerprint density at radius 2 is 1.81 bits per heavy atom. The summed E-state index contributed by atoms with van der Waals surface area (Å²) in [5.74, 6) is -5.10. The van der Waals surface area contributed by atoms with E-state index in [4.69, 9.17) is 0 Å². The summed E-state index contributed by atoms with van der Waals surface area (Å²) in [5, 5.41) is 31.2. The van der Waals surface area contributed by atoms with E-state index in [1.165, 1.54) is 13.8 Å². The fourth-order valence-corrected chi connectivity index (χ4v) is 2.69. The number of aliphatic hydroxyl groups excluding tert-OH is 1. The van der Waals surface area contributed by atoms with Crippen molar-refractivity contribution in [1.82, 2.24) is 0 Å². The second-order valence-corrected chi connectivity index (χ2v) is 7.79. The molecule has 6 nitrogen and oxygen atoms in total. The minimum atomic E-state index is -2.52. The van der Waals surface area contributed by atoms with Crippen LogP contribution in [-0.2, 0) is 14.4 Å². The van der Waals surface area contributed by atoms with Gasteiger partial charge in [-0.2, -0.15) is 0 Å². The number of rotatable bonds is 7. The number of hydrogen-bond acceptors (Lipinski definition) is 6. The summed E-state index contributed by atoms with van der Waals surface area (Å²) in [6, 6.07) is 0. The van der Waals surface area contributed by atoms with Crippen LogP contribution in [0.5, 0.6) is 0 Å². The lowest BCUT2D eigenvalue weighted by molar-refractivity contribution is -0.140. The van der Waals surface area contributed by atoms with Crippen LogP contribution in [-0.4, -0.2) is 43.9 Å². The number of ketones is 3. The summed E-state index contributed by atoms with van der Waals surface area (Å²) in [7, 11) is 0. The SMILES string of the molecule is CC(C)=CCC1C(=O)C(C(=O)C(C)C)=C(O)[C@@]1(O)C(=O)/C=C/C(C)(C)O. The van der Waals surface area contributed by atoms with E-state index in [0.29, 0.717) is 0 Å². The molecule has 3 N–H and O–H groups in total. The van der Waals surface area contributed by atoms with Gasteiger partial charge in [0.2, 0.25) is 0 Å². The van der Waals surface area contributed by atoms with Gasteiger partial charge in [0.05, 0.1) is 11.5 Å². The monoisotopic (exact) mass is 364 g/mol. The van der Waals surface area contributed by atoms with Gasteiger partial charge in [0.15, 0.2) is 23.0 Å². The topological polar surface area (TPSA) is 112 Å². The van der Waals surface area contributed by atoms with E-state index in [1.54, 1.807) is 33.8 Å². The van der Waals surface area contributed by atoms with Crippen LogP contribution in [0.25, 0.3) is 0 Å². The molecule has 1 unspecified atom stereocenters. The third-order valence-electron chi connectivity index (χ3n) is 4.22. The lowest BCUT2D eigenvalue weighted by Gasteiger charge is -2.26. The molecule has 0 heterocycles. The molecule has 0 bridgehead atoms. The lowest BCUT2D eigenvalue weighted by atomic mass is 9.81. The first kappa shape index (κ1) is 22.0. The summed E-state index contributed by atoms with van der Waals surface area (Å²) in [5.41, 5.74) is -3.49. The molecule has 2 atom stereocenters. The highest BCUT2D eigenvalue weighted by Gasteiger charge is 2.58. The minimum absolute atomic E-state index is 0.00129. The molecule has 0 fully saturated rings. The minimum Gasteiger partial charge on any atom is -0.508 e. The highest BCUT2D eigenvalue weighted by atomic mass is 16.3. The maximum atomic E-state index is 12.7. The highest BCUT2D eigenvalue weighted by Crippen LogP contribution is 2.41. The molecule has 0 saturated heterocycles. The smallest absolute Gasteiger partial charge is 0.195 e. The zero-order valence-corrected chi connectivity index (χ0v) is 16.2. The van der Waals surface area contributed by atoms with Crippen LogP contribution in [0.15, 0.2) is 35.1 Å². The van der Waals surface area contributed by atoms with Gasteiger partial charge in [-0.05, 0) is 40.2 Å². The Balaban J connectivity index is 3.50. The van der Waals surface area contributed by atoms with Gasteiger partial charge >= 0.3 is 0 Å². The normalized spacial score (nSPS) is 23.9. The fourth-order valence-electron chi connectivity index (χ4n) is 2.69. The zero-order chi connectivity index (χ0) is 20.4. The predicted octanol–water partition coefficient (Wildman–Crippen LogP) is 2.21. The van der Waals surface area contributed by atoms with Gasteiger partial charge in [0.25, 0.3) is 0 Å². The molecular formula is C20H28O6. The largest absolute Gasteiger partial charge is 0.508 e. The van der Waals surface area contributed by atoms with Gasteiger partial charge < -0.3 is 15.3 Å². The first-order valence-electron chi connectivity index (χ1n) is 8.57. The van der Waals surface area contributed by atoms with Crippen LogP contribution in [0, 0.1) is 11.8 Å². The summed E-state index contributed by atoms with van der Waals surface area (Å²) in [6.07, 6.45) is 3.75. The van der Waals surface area contributed by atoms with Crippen LogP contribution < -0.4 is 0 Å². The van der Waals surface area contributed by atoms with Gasteiger partial charge in [0.1, 0.15) is 11.3 Å². The third-order valence-corrected chi connectivity index (χ3v) is 4.22. The summed E-state index contributed by atoms with van der Waals surface area (Å²) < 4.78 is 0. The Morgan fingerprint density at radius 1 is 1.27 bits per heavy atom. The van der Waals surface area contributed by atoms with Crippen molar-refractivity contribution in [2.75, 3.05) is 0 Å². The lowest BCUT2D eigenvalue weighted by Crippen LogP contribution is -2.46. The first-order chi connectivity index (χ1) is 11.7. The Hall–Kier alpha value is -2.05. The molecule has 0 aromatic rings. The molecule has 0 aliphatic heterocycles. The van der Waals surface area contributed by atoms with Crippen molar-refractivity contribution in [3.05, 3.63) is 35.1 Å². The van der Waals surface area contributed by atoms with Crippen LogP contribution in [0.4, 0.5) is 0 Å². The second-order valence-electron chi connectivity index (χ2n) is 7.79. The molecular weight excluding hydrogens is 336 g/mol. The van der Waals surface area contributed by atoms with Crippen molar-refractivity contribution in [3.63, 3.8) is 0 Å². The van der Waals surface area contributed by atoms with Crippen molar-refractivity contribution < 1.29 is 29.7 Å². The average Bonchev–Trinajstić information content (AvgIpc) is 2.69. The number of Topliss-reactive ketones (excluding diaryl/α,β-unsaturated/α-hetero) is 2. The second kappa shape index (κ2) is 7.68. The number of carbonyl (C=O) groups is 3. The van der Waals surface area contributed by atoms with Gasteiger partial charge in [-0.25, -0.2) is 0 Å². The first-order valence-corrected chi connectivity index (χ1v) is 8.57. The number of aliphatic hydroxyl groups is 3. The maximum absolute atomic E-state index is 12.7. The Bertz CT molecular complexity index is 698. The molecule has 0 aromatic heterocycles. The molecule has 144 valence electrons. The number of carbonyl (C=O) groups excluding carboxylic acids is 3. The van der Waals surface area contributed by atoms with Crippen molar-refractivity contribution in [1.29, 1.82) is 0 Å². The van der Waals surface area contributed by atoms with Crippen LogP contribution in [0.2, 0.25) is 0 Å². The van der Waals surface area contributed by atoms with Gasteiger partial charge in [-0.15, -0.1) is 0 Å². The van der Waals surface area contributed by atoms with E-state index in [1.807, 2.05) is 0 Å². The Kier molecular flexibility index (Phi) is 6.49. The fraction of sp³-hybridized carbons (Fsp3) is 0.550. The summed E-state index contributed by atoms with van der Waals surface area (Å²) in [4.78, 5) is 37.7. The van der Waals surface area contributed by atoms with E-state index in [0.717, 1.165) is 17.7 Å². The summed E-state index contributed by atoms with van der Waals surface area (Å²) in [6.45, 7) is 9.59. The highest BCUT2D eigenvalue weighted by molar-refractivity contribution is 6.27. The molecule has 0 spiro atoms. The van der Waals surface area contributed by atoms with Crippen molar-refractivity contribution in [2.24, 2.45) is 11.8 Å². The molecule has 0 radical (unpaired) electrons. The van der Waals surface area contributed by atoms with Crippen molar-refractivity contribution >= 4 is 17.3 Å². The van der Waals surface area contributed by atoms with Gasteiger partial charge in [-0.3, -0.25) is 14.4 Å². The summed E-state index contributed by atoms with van der Waals surface area (Å²) >= 11 is 0. The molecule has 0 aromatic carbocycles. The van der Waals surface area contributed by atoms with Crippen molar-refractivity contribution in [2.45, 2.75) is 59.2 Å². The van der Waals surface area contributed by atoms with E-state index < -0.39 is 51.7 Å². The number of hydrogen-bond donors (Lipinski definition) is 3. The molecule has 1 aliphatic rings. The third kappa shape index (κ3) is 4.37. The molecule has 1 aliphatic carbocycles. The zero-order valence-electron chi connectivity index (χ0n) is 16.2. The van der Waals surface area contributed by atoms with E-state index in [2.05, 4.69) is 0 Å². The average molecular weight is 364 g/mol. The molecule has 6 heteroatoms. The predicted molar refractivity (Wildman–Crippen MR) is 97.4 cm³/mol. The molecule has 1 rings (SSSR count). The molecule has 0 amide bonds. The quantitative estimate of drug-likeness (QED) is 0.363. The van der Waals surface area contributed by atoms with E-state index in [9.17, 15) is 29.7 Å². The van der Waals surface area contributed by atoms with E-state index in [-0.39, 0.29) is 6.42 Å². The van der Waals surface area contributed by atoms with Crippen LogP contribution >= 0.6 is 0 Å². The Labute approximate surface area is 153 Å². The standard InChI is InChI=1S/C20H28O6/c1-11(2)7-8-13-17(23)15(16(22)12(3)4)18(24)20(13,26)14(21)9-10-19(5,6)25/h7,9-10,12-13,24-26H,8H2,1-6H3/b10-9+/t13?,20-/m0/s1. The Morgan fingerprint density at radius 3 is 2.23 bits per heavy atom. The van der Waals surface area contributed by atoms with Crippen molar-refractivity contribution in [3.8, 4) is 0 Å². The number of allylic oxidation sites excluding steroid dienone is 3. The van der Waals surface area contributed by atoms with Crippen LogP contribution in [0.1, 0.15) is 48.0 Å². The van der Waals surface area contributed by atoms with E-state index >= 15 is 0 Å². The van der Waals surface area contributed by atoms with Crippen LogP contribution in [0.3, 0.4) is 0 Å².